The molecule has 0 bridgehead atoms. The Balaban J connectivity index is 1.89. The van der Waals surface area contributed by atoms with Crippen molar-refractivity contribution in [2.24, 2.45) is 5.73 Å². The fourth-order valence-corrected chi connectivity index (χ4v) is 4.52. The van der Waals surface area contributed by atoms with Crippen LogP contribution in [0.4, 0.5) is 26.0 Å². The number of primary amides is 1. The van der Waals surface area contributed by atoms with Gasteiger partial charge in [0.25, 0.3) is 0 Å². The van der Waals surface area contributed by atoms with E-state index in [0.29, 0.717) is 6.07 Å². The summed E-state index contributed by atoms with van der Waals surface area (Å²) in [7, 11) is -3.56. The third-order valence-electron chi connectivity index (χ3n) is 5.30. The lowest BCUT2D eigenvalue weighted by Gasteiger charge is -2.34. The maximum atomic E-state index is 14.8. The van der Waals surface area contributed by atoms with Gasteiger partial charge in [0.1, 0.15) is 23.8 Å². The predicted octanol–water partition coefficient (Wildman–Crippen LogP) is 2.59. The van der Waals surface area contributed by atoms with E-state index in [1.807, 2.05) is 0 Å². The van der Waals surface area contributed by atoms with E-state index in [9.17, 15) is 31.9 Å². The van der Waals surface area contributed by atoms with Crippen LogP contribution in [0.25, 0.3) is 0 Å². The van der Waals surface area contributed by atoms with Crippen molar-refractivity contribution in [3.05, 3.63) is 83.1 Å². The minimum atomic E-state index is -3.56. The zero-order valence-electron chi connectivity index (χ0n) is 18.1. The van der Waals surface area contributed by atoms with E-state index in [-0.39, 0.29) is 33.9 Å². The van der Waals surface area contributed by atoms with Crippen molar-refractivity contribution in [2.45, 2.75) is 12.2 Å². The van der Waals surface area contributed by atoms with Gasteiger partial charge in [-0.3, -0.25) is 9.52 Å². The standard InChI is InChI=1S/C22H19F2N5O5S/c1-35(33,34)28-13-5-2-11(3-6-13)17(19(25)30)29-18-15(22(31)32)8-9-26-20(18)27-21(29)14-7-4-12(23)10-16(14)24/h2-10,17,21,28H,1H3,(H2,25,30)(H,26,27)(H,31,32). The first kappa shape index (κ1) is 23.9. The number of aromatic carboxylic acids is 1. The molecule has 1 amide bonds. The number of aromatic nitrogens is 1. The number of fused-ring (bicyclic) bond motifs is 1. The Morgan fingerprint density at radius 2 is 1.86 bits per heavy atom. The van der Waals surface area contributed by atoms with Crippen LogP contribution < -0.4 is 20.7 Å². The van der Waals surface area contributed by atoms with E-state index >= 15 is 0 Å². The highest BCUT2D eigenvalue weighted by Crippen LogP contribution is 2.47. The number of benzene rings is 2. The van der Waals surface area contributed by atoms with Gasteiger partial charge < -0.3 is 21.1 Å². The average Bonchev–Trinajstić information content (AvgIpc) is 3.12. The molecule has 1 aliphatic heterocycles. The summed E-state index contributed by atoms with van der Waals surface area (Å²) in [6.45, 7) is 0. The van der Waals surface area contributed by atoms with Gasteiger partial charge in [-0.25, -0.2) is 27.0 Å². The van der Waals surface area contributed by atoms with Crippen LogP contribution in [-0.4, -0.2) is 36.6 Å². The summed E-state index contributed by atoms with van der Waals surface area (Å²) in [5.41, 5.74) is 5.89. The Bertz CT molecular complexity index is 1430. The number of carboxylic acid groups (broad SMARTS) is 1. The van der Waals surface area contributed by atoms with Gasteiger partial charge in [-0.05, 0) is 35.9 Å². The van der Waals surface area contributed by atoms with Crippen LogP contribution in [0.2, 0.25) is 0 Å². The first-order valence-corrected chi connectivity index (χ1v) is 11.9. The van der Waals surface area contributed by atoms with E-state index in [0.717, 1.165) is 12.3 Å². The number of hydrogen-bond acceptors (Lipinski definition) is 7. The number of carboxylic acids is 1. The molecule has 13 heteroatoms. The van der Waals surface area contributed by atoms with Crippen LogP contribution in [0.3, 0.4) is 0 Å². The SMILES string of the molecule is CS(=O)(=O)Nc1ccc(C(C(N)=O)N2c3c(C(=O)O)ccnc3NC2c2ccc(F)cc2F)cc1. The molecule has 1 aromatic heterocycles. The normalized spacial score (nSPS) is 15.7. The Morgan fingerprint density at radius 3 is 2.43 bits per heavy atom. The van der Waals surface area contributed by atoms with Gasteiger partial charge in [-0.1, -0.05) is 12.1 Å². The van der Waals surface area contributed by atoms with E-state index in [1.165, 1.54) is 47.5 Å². The number of pyridine rings is 1. The van der Waals surface area contributed by atoms with Gasteiger partial charge in [0.15, 0.2) is 5.82 Å². The minimum absolute atomic E-state index is 0.0177. The quantitative estimate of drug-likeness (QED) is 0.384. The molecular weight excluding hydrogens is 484 g/mol. The van der Waals surface area contributed by atoms with E-state index < -0.39 is 45.7 Å². The van der Waals surface area contributed by atoms with Gasteiger partial charge in [0.2, 0.25) is 15.9 Å². The summed E-state index contributed by atoms with van der Waals surface area (Å²) in [6.07, 6.45) is 1.04. The number of halogens is 2. The smallest absolute Gasteiger partial charge is 0.338 e. The summed E-state index contributed by atoms with van der Waals surface area (Å²) in [5, 5.41) is 12.7. The summed E-state index contributed by atoms with van der Waals surface area (Å²) >= 11 is 0. The van der Waals surface area contributed by atoms with Crippen LogP contribution in [0.1, 0.15) is 33.7 Å². The zero-order valence-corrected chi connectivity index (χ0v) is 18.9. The number of carbonyl (C=O) groups is 2. The van der Waals surface area contributed by atoms with Gasteiger partial charge >= 0.3 is 5.97 Å². The molecule has 35 heavy (non-hydrogen) atoms. The van der Waals surface area contributed by atoms with Gasteiger partial charge in [-0.15, -0.1) is 0 Å². The number of amides is 1. The number of nitrogens with zero attached hydrogens (tertiary/aromatic N) is 2. The molecule has 182 valence electrons. The molecule has 4 rings (SSSR count). The first-order valence-electron chi connectivity index (χ1n) is 10.1. The second kappa shape index (κ2) is 8.83. The third kappa shape index (κ3) is 4.71. The summed E-state index contributed by atoms with van der Waals surface area (Å²) in [6, 6.07) is 8.37. The van der Waals surface area contributed by atoms with Crippen molar-refractivity contribution in [1.29, 1.82) is 0 Å². The molecular formula is C22H19F2N5O5S. The molecule has 1 aliphatic rings. The maximum Gasteiger partial charge on any atom is 0.338 e. The van der Waals surface area contributed by atoms with Crippen LogP contribution in [0.15, 0.2) is 54.7 Å². The van der Waals surface area contributed by atoms with Gasteiger partial charge in [-0.2, -0.15) is 0 Å². The van der Waals surface area contributed by atoms with Gasteiger partial charge in [0, 0.05) is 23.5 Å². The molecule has 10 nitrogen and oxygen atoms in total. The predicted molar refractivity (Wildman–Crippen MR) is 123 cm³/mol. The average molecular weight is 503 g/mol. The minimum Gasteiger partial charge on any atom is -0.478 e. The molecule has 0 radical (unpaired) electrons. The Hall–Kier alpha value is -4.26. The van der Waals surface area contributed by atoms with Crippen molar-refractivity contribution in [2.75, 3.05) is 21.2 Å². The number of nitrogens with two attached hydrogens (primary N) is 1. The number of sulfonamides is 1. The van der Waals surface area contributed by atoms with Crippen LogP contribution in [0.5, 0.6) is 0 Å². The summed E-state index contributed by atoms with van der Waals surface area (Å²) < 4.78 is 53.7. The molecule has 2 aromatic carbocycles. The number of nitrogens with one attached hydrogen (secondary N) is 2. The number of hydrogen-bond donors (Lipinski definition) is 4. The topological polar surface area (TPSA) is 155 Å². The largest absolute Gasteiger partial charge is 0.478 e. The highest BCUT2D eigenvalue weighted by Gasteiger charge is 2.42. The summed E-state index contributed by atoms with van der Waals surface area (Å²) in [4.78, 5) is 30.1. The van der Waals surface area contributed by atoms with Crippen LogP contribution >= 0.6 is 0 Å². The van der Waals surface area contributed by atoms with E-state index in [1.54, 1.807) is 0 Å². The molecule has 2 heterocycles. The first-order chi connectivity index (χ1) is 16.5. The molecule has 0 saturated carbocycles. The molecule has 0 saturated heterocycles. The van der Waals surface area contributed by atoms with Crippen molar-refractivity contribution < 1.29 is 31.9 Å². The lowest BCUT2D eigenvalue weighted by atomic mass is 10.0. The number of carbonyl (C=O) groups excluding carboxylic acids is 1. The van der Waals surface area contributed by atoms with Gasteiger partial charge in [0.05, 0.1) is 17.5 Å². The lowest BCUT2D eigenvalue weighted by Crippen LogP contribution is -2.40. The van der Waals surface area contributed by atoms with E-state index in [2.05, 4.69) is 15.0 Å². The second-order valence-corrected chi connectivity index (χ2v) is 9.53. The highest BCUT2D eigenvalue weighted by atomic mass is 32.2. The molecule has 3 aromatic rings. The van der Waals surface area contributed by atoms with Crippen LogP contribution in [0, 0.1) is 11.6 Å². The molecule has 0 aliphatic carbocycles. The lowest BCUT2D eigenvalue weighted by molar-refractivity contribution is -0.119. The monoisotopic (exact) mass is 503 g/mol. The van der Waals surface area contributed by atoms with E-state index in [4.69, 9.17) is 5.73 Å². The number of anilines is 3. The number of rotatable bonds is 7. The maximum absolute atomic E-state index is 14.8. The van der Waals surface area contributed by atoms with Crippen molar-refractivity contribution >= 4 is 39.1 Å². The van der Waals surface area contributed by atoms with Crippen LogP contribution in [-0.2, 0) is 14.8 Å². The molecule has 5 N–H and O–H groups in total. The van der Waals surface area contributed by atoms with Crippen molar-refractivity contribution in [1.82, 2.24) is 4.98 Å². The van der Waals surface area contributed by atoms with Crippen molar-refractivity contribution in [3.8, 4) is 0 Å². The molecule has 2 atom stereocenters. The molecule has 0 fully saturated rings. The molecule has 2 unspecified atom stereocenters. The van der Waals surface area contributed by atoms with Crippen molar-refractivity contribution in [3.63, 3.8) is 0 Å². The Morgan fingerprint density at radius 1 is 1.17 bits per heavy atom. The Labute approximate surface area is 198 Å². The Kier molecular flexibility index (Phi) is 6.03. The fraction of sp³-hybridized carbons (Fsp3) is 0.136. The highest BCUT2D eigenvalue weighted by molar-refractivity contribution is 7.92. The fourth-order valence-electron chi connectivity index (χ4n) is 3.96. The third-order valence-corrected chi connectivity index (χ3v) is 5.91. The molecule has 0 spiro atoms. The second-order valence-electron chi connectivity index (χ2n) is 7.78. The zero-order chi connectivity index (χ0) is 25.5. The summed E-state index contributed by atoms with van der Waals surface area (Å²) in [5.74, 6) is -3.94.